The Morgan fingerprint density at radius 1 is 1.07 bits per heavy atom. The van der Waals surface area contributed by atoms with E-state index >= 15 is 0 Å². The Morgan fingerprint density at radius 3 is 2.30 bits per heavy atom. The highest BCUT2D eigenvalue weighted by Gasteiger charge is 2.30. The van der Waals surface area contributed by atoms with Gasteiger partial charge in [-0.05, 0) is 25.8 Å². The second-order valence-corrected chi connectivity index (χ2v) is 7.26. The lowest BCUT2D eigenvalue weighted by Crippen LogP contribution is -2.53. The van der Waals surface area contributed by atoms with Crippen LogP contribution in [0.4, 0.5) is 0 Å². The Morgan fingerprint density at radius 2 is 1.74 bits per heavy atom. The number of hydrogen-bond donors (Lipinski definition) is 1. The van der Waals surface area contributed by atoms with Crippen LogP contribution >= 0.6 is 0 Å². The molecular formula is C20H31N3O4. The van der Waals surface area contributed by atoms with E-state index < -0.39 is 0 Å². The molecule has 1 aromatic rings. The van der Waals surface area contributed by atoms with Gasteiger partial charge in [-0.1, -0.05) is 6.07 Å². The topological polar surface area (TPSA) is 63.3 Å². The number of rotatable bonds is 8. The maximum atomic E-state index is 12.3. The molecule has 1 heterocycles. The van der Waals surface area contributed by atoms with Crippen LogP contribution in [0.15, 0.2) is 12.1 Å². The van der Waals surface area contributed by atoms with Gasteiger partial charge in [-0.25, -0.2) is 0 Å². The summed E-state index contributed by atoms with van der Waals surface area (Å²) in [6.07, 6.45) is 2.25. The molecule has 27 heavy (non-hydrogen) atoms. The maximum absolute atomic E-state index is 12.3. The second kappa shape index (κ2) is 8.80. The zero-order chi connectivity index (χ0) is 19.4. The van der Waals surface area contributed by atoms with Crippen molar-refractivity contribution >= 4 is 5.91 Å². The van der Waals surface area contributed by atoms with E-state index in [1.54, 1.807) is 21.3 Å². The van der Waals surface area contributed by atoms with E-state index in [9.17, 15) is 4.79 Å². The molecule has 3 rings (SSSR count). The monoisotopic (exact) mass is 377 g/mol. The standard InChI is InChI=1S/C20H31N3O4/c1-14(20(24)21-16-6-7-16)23-11-9-22(10-12-23)13-15-5-8-17(25-2)19(27-4)18(15)26-3/h5,8,14,16H,6-7,9-13H2,1-4H3,(H,21,24)/t14-/m1/s1. The van der Waals surface area contributed by atoms with E-state index in [0.717, 1.165) is 56.9 Å². The molecule has 1 atom stereocenters. The third-order valence-electron chi connectivity index (χ3n) is 5.44. The minimum absolute atomic E-state index is 0.0663. The van der Waals surface area contributed by atoms with Crippen LogP contribution in [0.3, 0.4) is 0 Å². The summed E-state index contributed by atoms with van der Waals surface area (Å²) in [4.78, 5) is 16.9. The Balaban J connectivity index is 1.58. The summed E-state index contributed by atoms with van der Waals surface area (Å²) in [6.45, 7) is 6.38. The van der Waals surface area contributed by atoms with Crippen LogP contribution in [-0.4, -0.2) is 75.3 Å². The van der Waals surface area contributed by atoms with Gasteiger partial charge in [-0.3, -0.25) is 14.6 Å². The van der Waals surface area contributed by atoms with Crippen molar-refractivity contribution < 1.29 is 19.0 Å². The van der Waals surface area contributed by atoms with E-state index in [0.29, 0.717) is 17.5 Å². The van der Waals surface area contributed by atoms with Gasteiger partial charge in [0.25, 0.3) is 0 Å². The highest BCUT2D eigenvalue weighted by Crippen LogP contribution is 2.40. The SMILES string of the molecule is COc1ccc(CN2CCN([C@H](C)C(=O)NC3CC3)CC2)c(OC)c1OC. The lowest BCUT2D eigenvalue weighted by Gasteiger charge is -2.37. The molecule has 1 saturated carbocycles. The smallest absolute Gasteiger partial charge is 0.237 e. The van der Waals surface area contributed by atoms with Crippen molar-refractivity contribution in [1.29, 1.82) is 0 Å². The average Bonchev–Trinajstić information content (AvgIpc) is 3.51. The van der Waals surface area contributed by atoms with Crippen LogP contribution in [0.1, 0.15) is 25.3 Å². The van der Waals surface area contributed by atoms with Crippen LogP contribution in [-0.2, 0) is 11.3 Å². The summed E-state index contributed by atoms with van der Waals surface area (Å²) in [5, 5.41) is 3.10. The Bertz CT molecular complexity index is 655. The first-order valence-corrected chi connectivity index (χ1v) is 9.62. The van der Waals surface area contributed by atoms with Crippen LogP contribution in [0.5, 0.6) is 17.2 Å². The number of carbonyl (C=O) groups excluding carboxylic acids is 1. The molecule has 0 spiro atoms. The summed E-state index contributed by atoms with van der Waals surface area (Å²) in [5.74, 6) is 2.17. The zero-order valence-electron chi connectivity index (χ0n) is 16.8. The van der Waals surface area contributed by atoms with E-state index in [2.05, 4.69) is 15.1 Å². The normalized spacial score (nSPS) is 19.4. The fraction of sp³-hybridized carbons (Fsp3) is 0.650. The van der Waals surface area contributed by atoms with E-state index in [1.165, 1.54) is 0 Å². The first-order chi connectivity index (χ1) is 13.1. The first-order valence-electron chi connectivity index (χ1n) is 9.62. The van der Waals surface area contributed by atoms with Gasteiger partial charge in [0.1, 0.15) is 0 Å². The molecule has 1 amide bonds. The number of methoxy groups -OCH3 is 3. The van der Waals surface area contributed by atoms with Gasteiger partial charge in [0, 0.05) is 44.3 Å². The van der Waals surface area contributed by atoms with Gasteiger partial charge in [0.05, 0.1) is 27.4 Å². The molecule has 2 fully saturated rings. The van der Waals surface area contributed by atoms with E-state index in [-0.39, 0.29) is 11.9 Å². The molecule has 1 saturated heterocycles. The molecule has 150 valence electrons. The summed E-state index contributed by atoms with van der Waals surface area (Å²) in [5.41, 5.74) is 1.07. The third-order valence-corrected chi connectivity index (χ3v) is 5.44. The van der Waals surface area contributed by atoms with Crippen LogP contribution < -0.4 is 19.5 Å². The minimum Gasteiger partial charge on any atom is -0.493 e. The van der Waals surface area contributed by atoms with Crippen molar-refractivity contribution in [3.63, 3.8) is 0 Å². The van der Waals surface area contributed by atoms with Crippen LogP contribution in [0.25, 0.3) is 0 Å². The van der Waals surface area contributed by atoms with Crippen molar-refractivity contribution in [2.24, 2.45) is 0 Å². The molecule has 1 aliphatic carbocycles. The van der Waals surface area contributed by atoms with Gasteiger partial charge in [-0.15, -0.1) is 0 Å². The van der Waals surface area contributed by atoms with Gasteiger partial charge in [0.15, 0.2) is 11.5 Å². The number of piperazine rings is 1. The molecule has 1 aliphatic heterocycles. The first kappa shape index (κ1) is 19.8. The fourth-order valence-electron chi connectivity index (χ4n) is 3.55. The minimum atomic E-state index is -0.0663. The summed E-state index contributed by atoms with van der Waals surface area (Å²) in [7, 11) is 4.90. The summed E-state index contributed by atoms with van der Waals surface area (Å²) < 4.78 is 16.4. The number of hydrogen-bond acceptors (Lipinski definition) is 6. The molecule has 7 nitrogen and oxygen atoms in total. The number of nitrogens with one attached hydrogen (secondary N) is 1. The largest absolute Gasteiger partial charge is 0.493 e. The molecular weight excluding hydrogens is 346 g/mol. The molecule has 1 aromatic carbocycles. The Kier molecular flexibility index (Phi) is 6.44. The quantitative estimate of drug-likeness (QED) is 0.741. The fourth-order valence-corrected chi connectivity index (χ4v) is 3.55. The Hall–Kier alpha value is -1.99. The number of nitrogens with zero attached hydrogens (tertiary/aromatic N) is 2. The van der Waals surface area contributed by atoms with Gasteiger partial charge < -0.3 is 19.5 Å². The Labute approximate surface area is 161 Å². The van der Waals surface area contributed by atoms with Gasteiger partial charge >= 0.3 is 0 Å². The molecule has 2 aliphatic rings. The number of ether oxygens (including phenoxy) is 3. The van der Waals surface area contributed by atoms with Crippen LogP contribution in [0, 0.1) is 0 Å². The third kappa shape index (κ3) is 4.65. The number of amides is 1. The molecule has 0 aromatic heterocycles. The molecule has 0 unspecified atom stereocenters. The highest BCUT2D eigenvalue weighted by atomic mass is 16.5. The van der Waals surface area contributed by atoms with Gasteiger partial charge in [0.2, 0.25) is 11.7 Å². The van der Waals surface area contributed by atoms with E-state index in [1.807, 2.05) is 19.1 Å². The van der Waals surface area contributed by atoms with Crippen molar-refractivity contribution in [3.05, 3.63) is 17.7 Å². The predicted molar refractivity (Wildman–Crippen MR) is 104 cm³/mol. The van der Waals surface area contributed by atoms with Crippen LogP contribution in [0.2, 0.25) is 0 Å². The van der Waals surface area contributed by atoms with Gasteiger partial charge in [-0.2, -0.15) is 0 Å². The highest BCUT2D eigenvalue weighted by molar-refractivity contribution is 5.81. The molecule has 1 N–H and O–H groups in total. The maximum Gasteiger partial charge on any atom is 0.237 e. The van der Waals surface area contributed by atoms with Crippen molar-refractivity contribution in [3.8, 4) is 17.2 Å². The summed E-state index contributed by atoms with van der Waals surface area (Å²) in [6, 6.07) is 4.29. The van der Waals surface area contributed by atoms with Crippen molar-refractivity contribution in [1.82, 2.24) is 15.1 Å². The molecule has 0 radical (unpaired) electrons. The average molecular weight is 377 g/mol. The zero-order valence-corrected chi connectivity index (χ0v) is 16.8. The lowest BCUT2D eigenvalue weighted by molar-refractivity contribution is -0.126. The second-order valence-electron chi connectivity index (χ2n) is 7.26. The van der Waals surface area contributed by atoms with Crippen molar-refractivity contribution in [2.75, 3.05) is 47.5 Å². The van der Waals surface area contributed by atoms with Crippen molar-refractivity contribution in [2.45, 2.75) is 38.4 Å². The molecule has 7 heteroatoms. The lowest BCUT2D eigenvalue weighted by atomic mass is 10.1. The number of carbonyl (C=O) groups is 1. The summed E-state index contributed by atoms with van der Waals surface area (Å²) >= 11 is 0. The molecule has 0 bridgehead atoms. The predicted octanol–water partition coefficient (Wildman–Crippen LogP) is 1.50. The van der Waals surface area contributed by atoms with E-state index in [4.69, 9.17) is 14.2 Å². The number of benzene rings is 1.